The minimum atomic E-state index is -1.70. The van der Waals surface area contributed by atoms with Gasteiger partial charge < -0.3 is 15.5 Å². The lowest BCUT2D eigenvalue weighted by Gasteiger charge is -2.22. The van der Waals surface area contributed by atoms with E-state index in [0.717, 1.165) is 0 Å². The summed E-state index contributed by atoms with van der Waals surface area (Å²) < 4.78 is 13.5. The summed E-state index contributed by atoms with van der Waals surface area (Å²) in [6.07, 6.45) is 2.74. The Balaban J connectivity index is 0.00000365. The lowest BCUT2D eigenvalue weighted by molar-refractivity contribution is -0.191. The van der Waals surface area contributed by atoms with Crippen molar-refractivity contribution in [3.05, 3.63) is 11.9 Å². The van der Waals surface area contributed by atoms with Crippen LogP contribution in [-0.4, -0.2) is 91.3 Å². The van der Waals surface area contributed by atoms with Crippen LogP contribution in [0.2, 0.25) is 0 Å². The lowest BCUT2D eigenvalue weighted by atomic mass is 10.1. The molecule has 0 fully saturated rings. The molecule has 17 heteroatoms. The van der Waals surface area contributed by atoms with Crippen molar-refractivity contribution in [3.63, 3.8) is 0 Å². The number of alkyl halides is 1. The molecule has 0 aliphatic rings. The summed E-state index contributed by atoms with van der Waals surface area (Å²) in [5.74, 6) is -3.07. The van der Waals surface area contributed by atoms with Gasteiger partial charge in [0, 0.05) is 25.7 Å². The van der Waals surface area contributed by atoms with Crippen molar-refractivity contribution in [2.24, 2.45) is 0 Å². The van der Waals surface area contributed by atoms with Crippen molar-refractivity contribution >= 4 is 30.0 Å². The van der Waals surface area contributed by atoms with Crippen LogP contribution in [0.25, 0.3) is 0 Å². The number of hydroxylamine groups is 2. The second-order valence-corrected chi connectivity index (χ2v) is 6.83. The molecule has 1 atom stereocenters. The molecular formula is C18H28FN7O9. The number of aliphatic carboxylic acids is 2. The summed E-state index contributed by atoms with van der Waals surface area (Å²) in [7, 11) is 0. The van der Waals surface area contributed by atoms with Crippen LogP contribution < -0.4 is 16.2 Å². The number of hydrazine groups is 1. The van der Waals surface area contributed by atoms with Gasteiger partial charge in [-0.05, 0) is 32.1 Å². The molecule has 35 heavy (non-hydrogen) atoms. The topological polar surface area (TPSA) is 233 Å². The van der Waals surface area contributed by atoms with Crippen LogP contribution in [0.15, 0.2) is 6.20 Å². The Bertz CT molecular complexity index is 846. The van der Waals surface area contributed by atoms with Crippen molar-refractivity contribution in [3.8, 4) is 0 Å². The maximum Gasteiger partial charge on any atom is 0.373 e. The highest BCUT2D eigenvalue weighted by Crippen LogP contribution is 2.06. The van der Waals surface area contributed by atoms with E-state index in [9.17, 15) is 28.8 Å². The van der Waals surface area contributed by atoms with E-state index in [1.807, 2.05) is 0 Å². The quantitative estimate of drug-likeness (QED) is 0.0875. The van der Waals surface area contributed by atoms with Gasteiger partial charge >= 0.3 is 24.1 Å². The standard InChI is InChI=1S/C17H28FN7O7.CO2/c18-7-3-4-12-10-24(23-21-12)11-14(26)19-8-1-2-9-20-22-17(31)25(32)13(16(29)30)5-6-15(27)28;2-1-3/h10,13,20,32H,1-9,11H2,(H,19,26)(H,22,31)(H,27,28)(H,29,30);/t13-;/m0./s1. The second-order valence-electron chi connectivity index (χ2n) is 6.83. The molecule has 0 bridgehead atoms. The predicted molar refractivity (Wildman–Crippen MR) is 110 cm³/mol. The maximum atomic E-state index is 12.1. The number of carbonyl (C=O) groups excluding carboxylic acids is 4. The highest BCUT2D eigenvalue weighted by molar-refractivity contribution is 5.82. The molecule has 0 spiro atoms. The van der Waals surface area contributed by atoms with Crippen LogP contribution in [0, 0.1) is 0 Å². The fourth-order valence-electron chi connectivity index (χ4n) is 2.50. The molecule has 0 aromatic carbocycles. The fourth-order valence-corrected chi connectivity index (χ4v) is 2.50. The lowest BCUT2D eigenvalue weighted by Crippen LogP contribution is -2.51. The Morgan fingerprint density at radius 2 is 1.80 bits per heavy atom. The summed E-state index contributed by atoms with van der Waals surface area (Å²) in [5, 5.41) is 37.5. The normalized spacial score (nSPS) is 10.8. The smallest absolute Gasteiger partial charge is 0.373 e. The van der Waals surface area contributed by atoms with Crippen LogP contribution >= 0.6 is 0 Å². The van der Waals surface area contributed by atoms with Crippen LogP contribution in [-0.2, 0) is 36.9 Å². The Morgan fingerprint density at radius 3 is 2.40 bits per heavy atom. The number of carbonyl (C=O) groups is 4. The van der Waals surface area contributed by atoms with Gasteiger partial charge in [0.25, 0.3) is 0 Å². The van der Waals surface area contributed by atoms with Gasteiger partial charge in [0.15, 0.2) is 6.04 Å². The molecule has 0 aliphatic heterocycles. The Labute approximate surface area is 198 Å². The minimum Gasteiger partial charge on any atom is -0.481 e. The molecule has 196 valence electrons. The Morgan fingerprint density at radius 1 is 1.14 bits per heavy atom. The summed E-state index contributed by atoms with van der Waals surface area (Å²) in [4.78, 5) is 61.5. The molecule has 3 amide bonds. The van der Waals surface area contributed by atoms with Gasteiger partial charge in [-0.25, -0.2) is 19.7 Å². The summed E-state index contributed by atoms with van der Waals surface area (Å²) in [6, 6.07) is -2.84. The number of halogens is 1. The van der Waals surface area contributed by atoms with Crippen molar-refractivity contribution < 1.29 is 48.6 Å². The molecule has 0 unspecified atom stereocenters. The van der Waals surface area contributed by atoms with Gasteiger partial charge in [-0.2, -0.15) is 14.7 Å². The monoisotopic (exact) mass is 505 g/mol. The molecule has 0 saturated carbocycles. The zero-order chi connectivity index (χ0) is 26.6. The first-order chi connectivity index (χ1) is 16.7. The molecular weight excluding hydrogens is 477 g/mol. The second kappa shape index (κ2) is 18.5. The third kappa shape index (κ3) is 14.7. The molecule has 16 nitrogen and oxygen atoms in total. The summed E-state index contributed by atoms with van der Waals surface area (Å²) >= 11 is 0. The number of unbranched alkanes of at least 4 members (excludes halogenated alkanes) is 1. The summed E-state index contributed by atoms with van der Waals surface area (Å²) in [5.41, 5.74) is 5.21. The first-order valence-corrected chi connectivity index (χ1v) is 10.3. The average Bonchev–Trinajstić information content (AvgIpc) is 3.23. The molecule has 1 heterocycles. The van der Waals surface area contributed by atoms with Crippen LogP contribution in [0.1, 0.15) is 37.8 Å². The molecule has 0 radical (unpaired) electrons. The number of aromatic nitrogens is 3. The number of rotatable bonds is 16. The van der Waals surface area contributed by atoms with Crippen molar-refractivity contribution in [2.45, 2.75) is 51.1 Å². The van der Waals surface area contributed by atoms with Crippen molar-refractivity contribution in [1.82, 2.24) is 36.2 Å². The predicted octanol–water partition coefficient (Wildman–Crippen LogP) is -1.28. The molecule has 0 aliphatic carbocycles. The van der Waals surface area contributed by atoms with E-state index in [-0.39, 0.29) is 30.2 Å². The average molecular weight is 505 g/mol. The molecule has 1 rings (SSSR count). The van der Waals surface area contributed by atoms with Gasteiger partial charge in [-0.15, -0.1) is 5.10 Å². The molecule has 1 aromatic heterocycles. The molecule has 0 saturated heterocycles. The van der Waals surface area contributed by atoms with E-state index in [1.165, 1.54) is 4.68 Å². The Kier molecular flexibility index (Phi) is 16.4. The van der Waals surface area contributed by atoms with Crippen LogP contribution in [0.3, 0.4) is 0 Å². The van der Waals surface area contributed by atoms with E-state index < -0.39 is 43.5 Å². The SMILES string of the molecule is O=C(O)CC[C@@H](C(=O)O)N(O)C(=O)NNCCCCNC(=O)Cn1cc(CCCF)nn1.O=C=O. The van der Waals surface area contributed by atoms with E-state index in [0.29, 0.717) is 37.9 Å². The van der Waals surface area contributed by atoms with Crippen molar-refractivity contribution in [2.75, 3.05) is 19.8 Å². The third-order valence-corrected chi connectivity index (χ3v) is 4.12. The number of carboxylic acids is 2. The maximum absolute atomic E-state index is 12.1. The van der Waals surface area contributed by atoms with Gasteiger partial charge in [0.1, 0.15) is 6.54 Å². The minimum absolute atomic E-state index is 0.0180. The number of carboxylic acid groups (broad SMARTS) is 2. The fraction of sp³-hybridized carbons (Fsp3) is 0.611. The first kappa shape index (κ1) is 31.0. The van der Waals surface area contributed by atoms with E-state index >= 15 is 0 Å². The number of hydrogen-bond acceptors (Lipinski definition) is 10. The molecule has 1 aromatic rings. The Hall–Kier alpha value is -3.95. The molecule has 6 N–H and O–H groups in total. The number of hydrogen-bond donors (Lipinski definition) is 6. The van der Waals surface area contributed by atoms with E-state index in [1.54, 1.807) is 6.20 Å². The largest absolute Gasteiger partial charge is 0.481 e. The van der Waals surface area contributed by atoms with Gasteiger partial charge in [-0.3, -0.25) is 24.6 Å². The third-order valence-electron chi connectivity index (χ3n) is 4.12. The van der Waals surface area contributed by atoms with Crippen molar-refractivity contribution in [1.29, 1.82) is 0 Å². The summed E-state index contributed by atoms with van der Waals surface area (Å²) in [6.45, 7) is 0.166. The van der Waals surface area contributed by atoms with E-state index in [4.69, 9.17) is 19.8 Å². The number of aryl methyl sites for hydroxylation is 1. The number of urea groups is 1. The van der Waals surface area contributed by atoms with Gasteiger partial charge in [0.2, 0.25) is 5.91 Å². The first-order valence-electron chi connectivity index (χ1n) is 10.3. The van der Waals surface area contributed by atoms with Crippen LogP contribution in [0.4, 0.5) is 9.18 Å². The number of amides is 3. The van der Waals surface area contributed by atoms with Gasteiger partial charge in [0.05, 0.1) is 12.4 Å². The zero-order valence-electron chi connectivity index (χ0n) is 18.7. The van der Waals surface area contributed by atoms with Crippen LogP contribution in [0.5, 0.6) is 0 Å². The zero-order valence-corrected chi connectivity index (χ0v) is 18.7. The number of nitrogens with one attached hydrogen (secondary N) is 3. The number of nitrogens with zero attached hydrogens (tertiary/aromatic N) is 4. The highest BCUT2D eigenvalue weighted by Gasteiger charge is 2.29. The highest BCUT2D eigenvalue weighted by atomic mass is 19.1. The van der Waals surface area contributed by atoms with Gasteiger partial charge in [-0.1, -0.05) is 5.21 Å². The van der Waals surface area contributed by atoms with E-state index in [2.05, 4.69) is 26.5 Å².